The van der Waals surface area contributed by atoms with Gasteiger partial charge in [-0.25, -0.2) is 4.79 Å². The maximum Gasteiger partial charge on any atom is 0.410 e. The number of hydrogen-bond donors (Lipinski definition) is 3. The van der Waals surface area contributed by atoms with E-state index in [4.69, 9.17) is 9.73 Å². The number of carbonyl (C=O) groups is 1. The van der Waals surface area contributed by atoms with E-state index < -0.39 is 11.2 Å². The summed E-state index contributed by atoms with van der Waals surface area (Å²) in [4.78, 5) is 19.3. The van der Waals surface area contributed by atoms with E-state index in [1.165, 1.54) is 6.42 Å². The number of hydrogen-bond acceptors (Lipinski definition) is 4. The Morgan fingerprint density at radius 1 is 1.17 bits per heavy atom. The van der Waals surface area contributed by atoms with Crippen LogP contribution in [0.3, 0.4) is 0 Å². The summed E-state index contributed by atoms with van der Waals surface area (Å²) in [6, 6.07) is 0.739. The average Bonchev–Trinajstić information content (AvgIpc) is 2.90. The summed E-state index contributed by atoms with van der Waals surface area (Å²) >= 11 is 0. The monoisotopic (exact) mass is 536 g/mol. The fourth-order valence-electron chi connectivity index (χ4n) is 5.02. The molecule has 2 atom stereocenters. The molecule has 0 aromatic heterocycles. The minimum absolute atomic E-state index is 0. The van der Waals surface area contributed by atoms with E-state index in [0.29, 0.717) is 6.54 Å². The molecular weight excluding hydrogens is 495 g/mol. The number of nitrogens with zero attached hydrogens (tertiary/aromatic N) is 2. The highest BCUT2D eigenvalue weighted by atomic mass is 127. The number of aliphatic hydroxyl groups is 1. The first kappa shape index (κ1) is 25.5. The molecule has 0 spiro atoms. The van der Waals surface area contributed by atoms with Crippen LogP contribution in [0.4, 0.5) is 4.79 Å². The van der Waals surface area contributed by atoms with Crippen LogP contribution in [-0.4, -0.2) is 64.5 Å². The van der Waals surface area contributed by atoms with E-state index in [1.54, 1.807) is 0 Å². The first-order chi connectivity index (χ1) is 13.7. The van der Waals surface area contributed by atoms with Crippen molar-refractivity contribution in [1.82, 2.24) is 15.5 Å². The van der Waals surface area contributed by atoms with E-state index in [-0.39, 0.29) is 48.2 Å². The summed E-state index contributed by atoms with van der Waals surface area (Å²) in [5.74, 6) is 0.779. The third-order valence-electron chi connectivity index (χ3n) is 6.34. The number of halogens is 1. The van der Waals surface area contributed by atoms with Crippen LogP contribution in [0.1, 0.15) is 85.5 Å². The SMILES string of the molecule is CCNC(=NCC1(O)CCCCC1)NC1CC2CCC(C1)N2C(=O)OC(C)(C)C.I. The van der Waals surface area contributed by atoms with Gasteiger partial charge in [0.2, 0.25) is 0 Å². The first-order valence-corrected chi connectivity index (χ1v) is 11.5. The molecule has 7 nitrogen and oxygen atoms in total. The van der Waals surface area contributed by atoms with Crippen LogP contribution in [-0.2, 0) is 4.74 Å². The minimum Gasteiger partial charge on any atom is -0.444 e. The number of ether oxygens (including phenoxy) is 1. The molecule has 1 amide bonds. The summed E-state index contributed by atoms with van der Waals surface area (Å²) in [5.41, 5.74) is -1.12. The normalized spacial score (nSPS) is 28.5. The lowest BCUT2D eigenvalue weighted by Gasteiger charge is -2.40. The Kier molecular flexibility index (Phi) is 9.09. The van der Waals surface area contributed by atoms with Gasteiger partial charge in [0.15, 0.2) is 5.96 Å². The zero-order valence-corrected chi connectivity index (χ0v) is 21.4. The molecule has 2 heterocycles. The van der Waals surface area contributed by atoms with Gasteiger partial charge < -0.3 is 25.4 Å². The maximum atomic E-state index is 12.6. The molecule has 0 aromatic carbocycles. The van der Waals surface area contributed by atoms with Crippen molar-refractivity contribution in [2.75, 3.05) is 13.1 Å². The summed E-state index contributed by atoms with van der Waals surface area (Å²) in [6.07, 6.45) is 8.78. The summed E-state index contributed by atoms with van der Waals surface area (Å²) in [6.45, 7) is 9.04. The third-order valence-corrected chi connectivity index (χ3v) is 6.34. The Bertz CT molecular complexity index is 588. The predicted octanol–water partition coefficient (Wildman–Crippen LogP) is 3.79. The molecule has 1 saturated carbocycles. The minimum atomic E-state index is -0.653. The Balaban J connectivity index is 0.00000320. The van der Waals surface area contributed by atoms with Gasteiger partial charge >= 0.3 is 6.09 Å². The van der Waals surface area contributed by atoms with E-state index >= 15 is 0 Å². The fraction of sp³-hybridized carbons (Fsp3) is 0.909. The molecule has 2 aliphatic heterocycles. The van der Waals surface area contributed by atoms with E-state index in [0.717, 1.165) is 63.9 Å². The second kappa shape index (κ2) is 10.7. The lowest BCUT2D eigenvalue weighted by molar-refractivity contribution is 0.00516. The van der Waals surface area contributed by atoms with Gasteiger partial charge in [-0.1, -0.05) is 19.3 Å². The van der Waals surface area contributed by atoms with E-state index in [1.807, 2.05) is 25.7 Å². The van der Waals surface area contributed by atoms with Crippen LogP contribution in [0.5, 0.6) is 0 Å². The van der Waals surface area contributed by atoms with E-state index in [9.17, 15) is 9.90 Å². The highest BCUT2D eigenvalue weighted by Crippen LogP contribution is 2.37. The summed E-state index contributed by atoms with van der Waals surface area (Å²) in [5, 5.41) is 17.7. The molecule has 3 aliphatic rings. The molecule has 1 aliphatic carbocycles. The largest absolute Gasteiger partial charge is 0.444 e. The van der Waals surface area contributed by atoms with Crippen LogP contribution >= 0.6 is 24.0 Å². The fourth-order valence-corrected chi connectivity index (χ4v) is 5.02. The Morgan fingerprint density at radius 2 is 1.77 bits per heavy atom. The number of aliphatic imine (C=N–C) groups is 1. The molecule has 0 radical (unpaired) electrons. The van der Waals surface area contributed by atoms with Gasteiger partial charge in [0, 0.05) is 24.7 Å². The van der Waals surface area contributed by atoms with Crippen LogP contribution in [0.15, 0.2) is 4.99 Å². The van der Waals surface area contributed by atoms with Crippen molar-refractivity contribution in [2.24, 2.45) is 4.99 Å². The van der Waals surface area contributed by atoms with Gasteiger partial charge in [-0.05, 0) is 66.2 Å². The molecule has 8 heteroatoms. The van der Waals surface area contributed by atoms with Crippen LogP contribution in [0.25, 0.3) is 0 Å². The molecule has 2 unspecified atom stereocenters. The Morgan fingerprint density at radius 3 is 2.30 bits per heavy atom. The molecule has 2 saturated heterocycles. The highest BCUT2D eigenvalue weighted by molar-refractivity contribution is 14.0. The number of amides is 1. The number of piperidine rings is 1. The predicted molar refractivity (Wildman–Crippen MR) is 130 cm³/mol. The smallest absolute Gasteiger partial charge is 0.410 e. The number of rotatable bonds is 4. The van der Waals surface area contributed by atoms with Crippen LogP contribution in [0, 0.1) is 0 Å². The van der Waals surface area contributed by atoms with Crippen molar-refractivity contribution in [3.8, 4) is 0 Å². The van der Waals surface area contributed by atoms with Crippen molar-refractivity contribution >= 4 is 36.0 Å². The topological polar surface area (TPSA) is 86.2 Å². The van der Waals surface area contributed by atoms with Gasteiger partial charge in [-0.3, -0.25) is 4.99 Å². The van der Waals surface area contributed by atoms with Crippen molar-refractivity contribution in [3.63, 3.8) is 0 Å². The number of guanidine groups is 1. The zero-order valence-electron chi connectivity index (χ0n) is 19.1. The molecule has 2 bridgehead atoms. The van der Waals surface area contributed by atoms with Crippen molar-refractivity contribution in [3.05, 3.63) is 0 Å². The maximum absolute atomic E-state index is 12.6. The van der Waals surface area contributed by atoms with Crippen molar-refractivity contribution < 1.29 is 14.6 Å². The molecule has 30 heavy (non-hydrogen) atoms. The van der Waals surface area contributed by atoms with Gasteiger partial charge in [-0.15, -0.1) is 24.0 Å². The summed E-state index contributed by atoms with van der Waals surface area (Å²) < 4.78 is 5.63. The van der Waals surface area contributed by atoms with Gasteiger partial charge in [0.25, 0.3) is 0 Å². The number of nitrogens with one attached hydrogen (secondary N) is 2. The Labute approximate surface area is 198 Å². The van der Waals surface area contributed by atoms with Gasteiger partial charge in [0.1, 0.15) is 5.60 Å². The molecule has 3 fully saturated rings. The molecule has 3 rings (SSSR count). The quantitative estimate of drug-likeness (QED) is 0.289. The highest BCUT2D eigenvalue weighted by Gasteiger charge is 2.45. The zero-order chi connectivity index (χ0) is 21.1. The summed E-state index contributed by atoms with van der Waals surface area (Å²) in [7, 11) is 0. The lowest BCUT2D eigenvalue weighted by atomic mass is 9.85. The second-order valence-electron chi connectivity index (χ2n) is 10.1. The van der Waals surface area contributed by atoms with Gasteiger partial charge in [0.05, 0.1) is 12.1 Å². The van der Waals surface area contributed by atoms with Crippen LogP contribution in [0.2, 0.25) is 0 Å². The second-order valence-corrected chi connectivity index (χ2v) is 10.1. The average molecular weight is 536 g/mol. The lowest BCUT2D eigenvalue weighted by Crippen LogP contribution is -2.55. The van der Waals surface area contributed by atoms with Crippen molar-refractivity contribution in [2.45, 2.75) is 115 Å². The molecule has 3 N–H and O–H groups in total. The Hall–Kier alpha value is -0.770. The number of carbonyl (C=O) groups excluding carboxylic acids is 1. The number of fused-ring (bicyclic) bond motifs is 2. The van der Waals surface area contributed by atoms with Gasteiger partial charge in [-0.2, -0.15) is 0 Å². The standard InChI is InChI=1S/C22H40N4O3.HI/c1-5-23-19(24-15-22(28)11-7-6-8-12-22)25-16-13-17-9-10-18(14-16)26(17)20(27)29-21(2,3)4;/h16-18,28H,5-15H2,1-4H3,(H2,23,24,25);1H. The molecule has 0 aromatic rings. The van der Waals surface area contributed by atoms with Crippen molar-refractivity contribution in [1.29, 1.82) is 0 Å². The molecule has 174 valence electrons. The molecular formula is C22H41IN4O3. The van der Waals surface area contributed by atoms with Crippen LogP contribution < -0.4 is 10.6 Å². The first-order valence-electron chi connectivity index (χ1n) is 11.5. The van der Waals surface area contributed by atoms with E-state index in [2.05, 4.69) is 17.6 Å². The third kappa shape index (κ3) is 6.87.